The number of fused-ring (bicyclic) bond motifs is 1. The number of hydrogen-bond acceptors (Lipinski definition) is 2. The van der Waals surface area contributed by atoms with E-state index in [2.05, 4.69) is 32.3 Å². The van der Waals surface area contributed by atoms with E-state index in [0.29, 0.717) is 16.6 Å². The fourth-order valence-electron chi connectivity index (χ4n) is 2.05. The Morgan fingerprint density at radius 3 is 2.62 bits per heavy atom. The molecule has 0 aliphatic heterocycles. The maximum atomic E-state index is 6.21. The van der Waals surface area contributed by atoms with E-state index < -0.39 is 0 Å². The van der Waals surface area contributed by atoms with Gasteiger partial charge in [0.15, 0.2) is 0 Å². The molecule has 3 rings (SSSR count). The Hall–Kier alpha value is -1.29. The lowest BCUT2D eigenvalue weighted by atomic mass is 10.2. The van der Waals surface area contributed by atoms with Crippen molar-refractivity contribution in [3.05, 3.63) is 68.7 Å². The van der Waals surface area contributed by atoms with Gasteiger partial charge < -0.3 is 5.32 Å². The third-order valence-corrected chi connectivity index (χ3v) is 4.92. The molecular formula is C16H11BrCl2N2. The second kappa shape index (κ2) is 6.22. The minimum atomic E-state index is 0.506. The standard InChI is InChI=1S/C16H11BrCl2N2/c17-12-7-8-14(16(19)15(12)18)20-9-11-6-5-10-3-1-2-4-13(10)21-11/h1-8,20H,9H2. The average molecular weight is 382 g/mol. The first kappa shape index (κ1) is 14.6. The van der Waals surface area contributed by atoms with E-state index in [9.17, 15) is 0 Å². The molecule has 0 spiro atoms. The lowest BCUT2D eigenvalue weighted by Gasteiger charge is -2.10. The molecule has 1 heterocycles. The highest BCUT2D eigenvalue weighted by atomic mass is 79.9. The van der Waals surface area contributed by atoms with Crippen LogP contribution in [0.25, 0.3) is 10.9 Å². The topological polar surface area (TPSA) is 24.9 Å². The third-order valence-electron chi connectivity index (χ3n) is 3.15. The van der Waals surface area contributed by atoms with Crippen molar-refractivity contribution >= 4 is 55.7 Å². The Kier molecular flexibility index (Phi) is 4.34. The molecule has 1 aromatic heterocycles. The van der Waals surface area contributed by atoms with Gasteiger partial charge in [0, 0.05) is 9.86 Å². The van der Waals surface area contributed by atoms with Crippen LogP contribution in [-0.4, -0.2) is 4.98 Å². The second-order valence-electron chi connectivity index (χ2n) is 4.57. The van der Waals surface area contributed by atoms with Crippen LogP contribution in [0.1, 0.15) is 5.69 Å². The summed E-state index contributed by atoms with van der Waals surface area (Å²) in [4.78, 5) is 4.61. The first-order valence-corrected chi connectivity index (χ1v) is 7.92. The average Bonchev–Trinajstić information content (AvgIpc) is 2.52. The summed E-state index contributed by atoms with van der Waals surface area (Å²) in [7, 11) is 0. The van der Waals surface area contributed by atoms with Crippen molar-refractivity contribution < 1.29 is 0 Å². The molecule has 0 aliphatic rings. The number of rotatable bonds is 3. The highest BCUT2D eigenvalue weighted by Gasteiger charge is 2.08. The highest BCUT2D eigenvalue weighted by Crippen LogP contribution is 2.35. The minimum absolute atomic E-state index is 0.506. The van der Waals surface area contributed by atoms with Gasteiger partial charge in [-0.05, 0) is 40.2 Å². The number of benzene rings is 2. The Bertz CT molecular complexity index is 805. The van der Waals surface area contributed by atoms with E-state index in [1.807, 2.05) is 42.5 Å². The molecule has 0 radical (unpaired) electrons. The smallest absolute Gasteiger partial charge is 0.0835 e. The van der Waals surface area contributed by atoms with E-state index in [1.165, 1.54) is 0 Å². The SMILES string of the molecule is Clc1c(Br)ccc(NCc2ccc3ccccc3n2)c1Cl. The van der Waals surface area contributed by atoms with Crippen LogP contribution in [0, 0.1) is 0 Å². The van der Waals surface area contributed by atoms with Crippen molar-refractivity contribution in [1.29, 1.82) is 0 Å². The summed E-state index contributed by atoms with van der Waals surface area (Å²) in [5.74, 6) is 0. The van der Waals surface area contributed by atoms with Gasteiger partial charge in [-0.25, -0.2) is 0 Å². The zero-order valence-electron chi connectivity index (χ0n) is 10.9. The van der Waals surface area contributed by atoms with Crippen LogP contribution in [0.2, 0.25) is 10.0 Å². The van der Waals surface area contributed by atoms with Crippen LogP contribution in [0.15, 0.2) is 53.0 Å². The molecule has 2 nitrogen and oxygen atoms in total. The molecular weight excluding hydrogens is 371 g/mol. The number of anilines is 1. The zero-order chi connectivity index (χ0) is 14.8. The van der Waals surface area contributed by atoms with Crippen LogP contribution in [-0.2, 0) is 6.54 Å². The van der Waals surface area contributed by atoms with Gasteiger partial charge in [-0.3, -0.25) is 4.98 Å². The quantitative estimate of drug-likeness (QED) is 0.570. The van der Waals surface area contributed by atoms with E-state index in [-0.39, 0.29) is 0 Å². The molecule has 0 aliphatic carbocycles. The summed E-state index contributed by atoms with van der Waals surface area (Å²) in [5, 5.41) is 5.41. The summed E-state index contributed by atoms with van der Waals surface area (Å²) in [6, 6.07) is 15.9. The first-order valence-electron chi connectivity index (χ1n) is 6.37. The molecule has 0 fully saturated rings. The van der Waals surface area contributed by atoms with Crippen molar-refractivity contribution in [3.8, 4) is 0 Å². The Labute approximate surface area is 141 Å². The maximum Gasteiger partial charge on any atom is 0.0835 e. The molecule has 3 aromatic rings. The second-order valence-corrected chi connectivity index (χ2v) is 6.18. The molecule has 1 N–H and O–H groups in total. The molecule has 5 heteroatoms. The number of aromatic nitrogens is 1. The molecule has 2 aromatic carbocycles. The van der Waals surface area contributed by atoms with Crippen molar-refractivity contribution in [2.24, 2.45) is 0 Å². The van der Waals surface area contributed by atoms with Crippen molar-refractivity contribution in [2.75, 3.05) is 5.32 Å². The number of nitrogens with zero attached hydrogens (tertiary/aromatic N) is 1. The summed E-state index contributed by atoms with van der Waals surface area (Å²) in [6.45, 7) is 0.586. The molecule has 0 saturated heterocycles. The van der Waals surface area contributed by atoms with E-state index in [0.717, 1.165) is 26.8 Å². The summed E-state index contributed by atoms with van der Waals surface area (Å²) in [5.41, 5.74) is 2.72. The molecule has 106 valence electrons. The minimum Gasteiger partial charge on any atom is -0.378 e. The molecule has 0 unspecified atom stereocenters. The van der Waals surface area contributed by atoms with Crippen molar-refractivity contribution in [2.45, 2.75) is 6.54 Å². The summed E-state index contributed by atoms with van der Waals surface area (Å²) in [6.07, 6.45) is 0. The van der Waals surface area contributed by atoms with E-state index >= 15 is 0 Å². The molecule has 21 heavy (non-hydrogen) atoms. The van der Waals surface area contributed by atoms with Gasteiger partial charge in [-0.1, -0.05) is 47.5 Å². The van der Waals surface area contributed by atoms with Crippen LogP contribution in [0.5, 0.6) is 0 Å². The van der Waals surface area contributed by atoms with Crippen LogP contribution in [0.4, 0.5) is 5.69 Å². The Morgan fingerprint density at radius 2 is 1.76 bits per heavy atom. The lowest BCUT2D eigenvalue weighted by molar-refractivity contribution is 1.07. The molecule has 0 saturated carbocycles. The van der Waals surface area contributed by atoms with E-state index in [4.69, 9.17) is 23.2 Å². The zero-order valence-corrected chi connectivity index (χ0v) is 14.0. The maximum absolute atomic E-state index is 6.21. The largest absolute Gasteiger partial charge is 0.378 e. The van der Waals surface area contributed by atoms with Gasteiger partial charge >= 0.3 is 0 Å². The van der Waals surface area contributed by atoms with E-state index in [1.54, 1.807) is 0 Å². The van der Waals surface area contributed by atoms with Crippen LogP contribution < -0.4 is 5.32 Å². The van der Waals surface area contributed by atoms with Crippen LogP contribution in [0.3, 0.4) is 0 Å². The van der Waals surface area contributed by atoms with Gasteiger partial charge in [0.2, 0.25) is 0 Å². The predicted octanol–water partition coefficient (Wildman–Crippen LogP) is 5.92. The summed E-state index contributed by atoms with van der Waals surface area (Å²) < 4.78 is 0.781. The monoisotopic (exact) mass is 380 g/mol. The fourth-order valence-corrected chi connectivity index (χ4v) is 2.90. The van der Waals surface area contributed by atoms with Gasteiger partial charge in [-0.15, -0.1) is 0 Å². The third kappa shape index (κ3) is 3.15. The molecule has 0 atom stereocenters. The Balaban J connectivity index is 1.82. The molecule has 0 bridgehead atoms. The predicted molar refractivity (Wildman–Crippen MR) is 93.2 cm³/mol. The Morgan fingerprint density at radius 1 is 0.952 bits per heavy atom. The molecule has 0 amide bonds. The van der Waals surface area contributed by atoms with Gasteiger partial charge in [0.25, 0.3) is 0 Å². The normalized spacial score (nSPS) is 10.8. The van der Waals surface area contributed by atoms with Crippen molar-refractivity contribution in [3.63, 3.8) is 0 Å². The number of pyridine rings is 1. The summed E-state index contributed by atoms with van der Waals surface area (Å²) >= 11 is 15.7. The lowest BCUT2D eigenvalue weighted by Crippen LogP contribution is -2.02. The van der Waals surface area contributed by atoms with Gasteiger partial charge in [0.1, 0.15) is 0 Å². The van der Waals surface area contributed by atoms with Gasteiger partial charge in [0.05, 0.1) is 33.5 Å². The van der Waals surface area contributed by atoms with Gasteiger partial charge in [-0.2, -0.15) is 0 Å². The number of halogens is 3. The first-order chi connectivity index (χ1) is 10.1. The number of hydrogen-bond donors (Lipinski definition) is 1. The fraction of sp³-hybridized carbons (Fsp3) is 0.0625. The van der Waals surface area contributed by atoms with Crippen LogP contribution >= 0.6 is 39.1 Å². The number of para-hydroxylation sites is 1. The number of nitrogens with one attached hydrogen (secondary N) is 1. The van der Waals surface area contributed by atoms with Crippen molar-refractivity contribution in [1.82, 2.24) is 4.98 Å². The highest BCUT2D eigenvalue weighted by molar-refractivity contribution is 9.10.